The van der Waals surface area contributed by atoms with E-state index in [4.69, 9.17) is 0 Å². The number of hydrogen-bond donors (Lipinski definition) is 0. The molecule has 4 nitrogen and oxygen atoms in total. The van der Waals surface area contributed by atoms with E-state index in [0.717, 1.165) is 48.7 Å². The summed E-state index contributed by atoms with van der Waals surface area (Å²) in [5.41, 5.74) is 1.24. The van der Waals surface area contributed by atoms with Crippen molar-refractivity contribution in [3.05, 3.63) is 33.5 Å². The van der Waals surface area contributed by atoms with Gasteiger partial charge in [-0.3, -0.25) is 19.4 Å². The molecule has 0 aromatic heterocycles. The number of imide groups is 1. The first kappa shape index (κ1) is 16.2. The van der Waals surface area contributed by atoms with E-state index >= 15 is 0 Å². The zero-order valence-corrected chi connectivity index (χ0v) is 15.1. The van der Waals surface area contributed by atoms with Crippen molar-refractivity contribution in [1.29, 1.82) is 0 Å². The van der Waals surface area contributed by atoms with Crippen molar-refractivity contribution >= 4 is 27.7 Å². The second-order valence-electron chi connectivity index (χ2n) is 7.22. The van der Waals surface area contributed by atoms with Crippen LogP contribution in [0.1, 0.15) is 43.2 Å². The highest BCUT2D eigenvalue weighted by atomic mass is 79.9. The quantitative estimate of drug-likeness (QED) is 0.723. The molecule has 3 aliphatic rings. The maximum atomic E-state index is 14.1. The number of hydrogen-bond acceptors (Lipinski definition) is 3. The summed E-state index contributed by atoms with van der Waals surface area (Å²) in [5, 5.41) is 0. The molecule has 128 valence electrons. The highest BCUT2D eigenvalue weighted by molar-refractivity contribution is 9.10. The third-order valence-electron chi connectivity index (χ3n) is 5.77. The van der Waals surface area contributed by atoms with Gasteiger partial charge in [-0.1, -0.05) is 28.8 Å². The molecule has 24 heavy (non-hydrogen) atoms. The Kier molecular flexibility index (Phi) is 4.00. The van der Waals surface area contributed by atoms with Crippen LogP contribution in [0.5, 0.6) is 0 Å². The van der Waals surface area contributed by atoms with Gasteiger partial charge in [-0.25, -0.2) is 4.39 Å². The van der Waals surface area contributed by atoms with Crippen molar-refractivity contribution in [3.63, 3.8) is 0 Å². The van der Waals surface area contributed by atoms with Crippen LogP contribution in [-0.2, 0) is 22.6 Å². The Morgan fingerprint density at radius 1 is 1.17 bits per heavy atom. The number of likely N-dealkylation sites (tertiary alicyclic amines) is 1. The minimum absolute atomic E-state index is 0.00879. The van der Waals surface area contributed by atoms with E-state index in [-0.39, 0.29) is 24.3 Å². The first-order valence-corrected chi connectivity index (χ1v) is 9.32. The fourth-order valence-electron chi connectivity index (χ4n) is 4.42. The highest BCUT2D eigenvalue weighted by Gasteiger charge is 2.52. The average molecular weight is 395 g/mol. The molecule has 2 aliphatic heterocycles. The van der Waals surface area contributed by atoms with Crippen molar-refractivity contribution in [2.24, 2.45) is 5.41 Å². The van der Waals surface area contributed by atoms with E-state index in [1.807, 2.05) is 4.90 Å². The molecule has 0 unspecified atom stereocenters. The Morgan fingerprint density at radius 2 is 1.92 bits per heavy atom. The van der Waals surface area contributed by atoms with Crippen LogP contribution in [0, 0.1) is 11.2 Å². The smallest absolute Gasteiger partial charge is 0.237 e. The van der Waals surface area contributed by atoms with Crippen molar-refractivity contribution in [2.75, 3.05) is 13.2 Å². The molecular weight excluding hydrogens is 375 g/mol. The lowest BCUT2D eigenvalue weighted by atomic mass is 9.85. The minimum atomic E-state index is -0.431. The first-order chi connectivity index (χ1) is 11.5. The van der Waals surface area contributed by atoms with Crippen LogP contribution < -0.4 is 0 Å². The van der Waals surface area contributed by atoms with Gasteiger partial charge in [-0.15, -0.1) is 0 Å². The molecule has 2 heterocycles. The van der Waals surface area contributed by atoms with Gasteiger partial charge in [0.2, 0.25) is 11.8 Å². The van der Waals surface area contributed by atoms with E-state index in [1.54, 1.807) is 6.07 Å². The summed E-state index contributed by atoms with van der Waals surface area (Å²) >= 11 is 3.48. The zero-order chi connectivity index (χ0) is 16.9. The number of benzene rings is 1. The number of carbonyl (C=O) groups is 2. The van der Waals surface area contributed by atoms with Crippen LogP contribution in [0.15, 0.2) is 16.6 Å². The van der Waals surface area contributed by atoms with Gasteiger partial charge < -0.3 is 0 Å². The van der Waals surface area contributed by atoms with E-state index in [1.165, 1.54) is 11.0 Å². The predicted octanol–water partition coefficient (Wildman–Crippen LogP) is 3.22. The van der Waals surface area contributed by atoms with E-state index < -0.39 is 5.41 Å². The van der Waals surface area contributed by atoms with Crippen LogP contribution in [0.3, 0.4) is 0 Å². The molecule has 6 heteroatoms. The number of amides is 2. The molecule has 1 aromatic rings. The summed E-state index contributed by atoms with van der Waals surface area (Å²) in [6, 6.07) is 3.20. The maximum Gasteiger partial charge on any atom is 0.237 e. The van der Waals surface area contributed by atoms with Crippen molar-refractivity contribution < 1.29 is 14.0 Å². The lowest BCUT2D eigenvalue weighted by Gasteiger charge is -2.32. The summed E-state index contributed by atoms with van der Waals surface area (Å²) in [4.78, 5) is 28.6. The molecule has 1 aliphatic carbocycles. The summed E-state index contributed by atoms with van der Waals surface area (Å²) in [6.45, 7) is 1.44. The molecular formula is C18H20BrFN2O2. The summed E-state index contributed by atoms with van der Waals surface area (Å²) < 4.78 is 15.1. The SMILES string of the molecule is O=C1CC2(CCCC2)C(=O)N1CN1CCc2c(Br)ccc(F)c2C1. The van der Waals surface area contributed by atoms with E-state index in [9.17, 15) is 14.0 Å². The molecule has 0 radical (unpaired) electrons. The Bertz CT molecular complexity index is 715. The van der Waals surface area contributed by atoms with Crippen molar-refractivity contribution in [1.82, 2.24) is 9.80 Å². The van der Waals surface area contributed by atoms with Gasteiger partial charge >= 0.3 is 0 Å². The lowest BCUT2D eigenvalue weighted by molar-refractivity contribution is -0.144. The lowest BCUT2D eigenvalue weighted by Crippen LogP contribution is -2.44. The number of rotatable bonds is 2. The Morgan fingerprint density at radius 3 is 2.67 bits per heavy atom. The Labute approximate surface area is 149 Å². The van der Waals surface area contributed by atoms with Gasteiger partial charge in [-0.2, -0.15) is 0 Å². The fraction of sp³-hybridized carbons (Fsp3) is 0.556. The topological polar surface area (TPSA) is 40.6 Å². The third-order valence-corrected chi connectivity index (χ3v) is 6.51. The molecule has 0 atom stereocenters. The number of fused-ring (bicyclic) bond motifs is 1. The van der Waals surface area contributed by atoms with Gasteiger partial charge in [0.1, 0.15) is 5.82 Å². The molecule has 2 fully saturated rings. The molecule has 2 amide bonds. The van der Waals surface area contributed by atoms with Crippen LogP contribution >= 0.6 is 15.9 Å². The van der Waals surface area contributed by atoms with Gasteiger partial charge in [0, 0.05) is 29.5 Å². The summed E-state index contributed by atoms with van der Waals surface area (Å²) in [5.74, 6) is -0.294. The van der Waals surface area contributed by atoms with E-state index in [0.29, 0.717) is 18.5 Å². The fourth-order valence-corrected chi connectivity index (χ4v) is 4.99. The van der Waals surface area contributed by atoms with Crippen LogP contribution in [0.2, 0.25) is 0 Å². The monoisotopic (exact) mass is 394 g/mol. The van der Waals surface area contributed by atoms with Crippen LogP contribution in [-0.4, -0.2) is 34.8 Å². The zero-order valence-electron chi connectivity index (χ0n) is 13.5. The number of nitrogens with zero attached hydrogens (tertiary/aromatic N) is 2. The molecule has 1 spiro atoms. The predicted molar refractivity (Wildman–Crippen MR) is 90.5 cm³/mol. The molecule has 1 aromatic carbocycles. The van der Waals surface area contributed by atoms with Gasteiger partial charge in [-0.05, 0) is 37.0 Å². The Balaban J connectivity index is 1.51. The second kappa shape index (κ2) is 5.92. The normalized spacial score (nSPS) is 23.3. The van der Waals surface area contributed by atoms with Crippen molar-refractivity contribution in [3.8, 4) is 0 Å². The Hall–Kier alpha value is -1.27. The third kappa shape index (κ3) is 2.51. The van der Waals surface area contributed by atoms with E-state index in [2.05, 4.69) is 15.9 Å². The van der Waals surface area contributed by atoms with Crippen molar-refractivity contribution in [2.45, 2.75) is 45.1 Å². The molecule has 0 N–H and O–H groups in total. The maximum absolute atomic E-state index is 14.1. The molecule has 0 bridgehead atoms. The minimum Gasteiger partial charge on any atom is -0.281 e. The van der Waals surface area contributed by atoms with Gasteiger partial charge in [0.05, 0.1) is 12.1 Å². The van der Waals surface area contributed by atoms with Gasteiger partial charge in [0.15, 0.2) is 0 Å². The van der Waals surface area contributed by atoms with Crippen LogP contribution in [0.4, 0.5) is 4.39 Å². The second-order valence-corrected chi connectivity index (χ2v) is 8.08. The van der Waals surface area contributed by atoms with Gasteiger partial charge in [0.25, 0.3) is 0 Å². The standard InChI is InChI=1S/C18H20BrFN2O2/c19-14-3-4-15(20)13-10-21(8-5-12(13)14)11-22-16(23)9-18(17(22)24)6-1-2-7-18/h3-4H,1-2,5-11H2. The first-order valence-electron chi connectivity index (χ1n) is 8.53. The summed E-state index contributed by atoms with van der Waals surface area (Å²) in [6.07, 6.45) is 4.80. The molecule has 1 saturated heterocycles. The molecule has 4 rings (SSSR count). The largest absolute Gasteiger partial charge is 0.281 e. The highest BCUT2D eigenvalue weighted by Crippen LogP contribution is 2.47. The molecule has 1 saturated carbocycles. The summed E-state index contributed by atoms with van der Waals surface area (Å²) in [7, 11) is 0. The van der Waals surface area contributed by atoms with Crippen LogP contribution in [0.25, 0.3) is 0 Å². The average Bonchev–Trinajstić information content (AvgIpc) is 3.12. The number of halogens is 2. The number of carbonyl (C=O) groups excluding carboxylic acids is 2.